The van der Waals surface area contributed by atoms with Crippen molar-refractivity contribution >= 4 is 5.82 Å². The largest absolute Gasteiger partial charge is 0.352 e. The molecule has 20 heavy (non-hydrogen) atoms. The van der Waals surface area contributed by atoms with E-state index in [0.717, 1.165) is 36.6 Å². The van der Waals surface area contributed by atoms with Gasteiger partial charge in [-0.2, -0.15) is 10.4 Å². The smallest absolute Gasteiger partial charge is 0.169 e. The van der Waals surface area contributed by atoms with Crippen molar-refractivity contribution in [3.63, 3.8) is 0 Å². The molecule has 2 unspecified atom stereocenters. The molecule has 0 aromatic carbocycles. The fraction of sp³-hybridized carbons (Fsp3) is 0.667. The molecule has 5 heteroatoms. The highest BCUT2D eigenvalue weighted by Crippen LogP contribution is 2.31. The summed E-state index contributed by atoms with van der Waals surface area (Å²) in [7, 11) is 2.23. The average molecular weight is 271 g/mol. The van der Waals surface area contributed by atoms with Gasteiger partial charge in [-0.1, -0.05) is 0 Å². The first-order valence-corrected chi connectivity index (χ1v) is 7.32. The van der Waals surface area contributed by atoms with Gasteiger partial charge in [0.1, 0.15) is 11.6 Å². The van der Waals surface area contributed by atoms with Crippen LogP contribution in [0.4, 0.5) is 5.82 Å². The van der Waals surface area contributed by atoms with Crippen LogP contribution in [0.3, 0.4) is 0 Å². The number of aryl methyl sites for hydroxylation is 1. The zero-order valence-corrected chi connectivity index (χ0v) is 12.4. The third-order valence-electron chi connectivity index (χ3n) is 5.00. The van der Waals surface area contributed by atoms with Gasteiger partial charge in [0.05, 0.1) is 5.69 Å². The van der Waals surface area contributed by atoms with E-state index >= 15 is 0 Å². The molecule has 3 rings (SSSR count). The predicted octanol–water partition coefficient (Wildman–Crippen LogP) is 1.64. The Morgan fingerprint density at radius 2 is 1.90 bits per heavy atom. The van der Waals surface area contributed by atoms with E-state index in [9.17, 15) is 5.26 Å². The molecule has 0 radical (unpaired) electrons. The summed E-state index contributed by atoms with van der Waals surface area (Å²) in [6.07, 6.45) is 3.70. The number of nitriles is 1. The third-order valence-corrected chi connectivity index (χ3v) is 5.00. The molecular formula is C15H21N5. The molecule has 1 aromatic rings. The number of hydrogen-bond acceptors (Lipinski definition) is 5. The van der Waals surface area contributed by atoms with Crippen LogP contribution in [-0.4, -0.2) is 47.3 Å². The number of likely N-dealkylation sites (N-methyl/N-ethyl adjacent to an activating group) is 1. The van der Waals surface area contributed by atoms with Crippen LogP contribution in [0.15, 0.2) is 0 Å². The summed E-state index contributed by atoms with van der Waals surface area (Å²) in [5.74, 6) is 0.775. The lowest BCUT2D eigenvalue weighted by molar-refractivity contribution is 0.254. The molecule has 2 aliphatic heterocycles. The van der Waals surface area contributed by atoms with Crippen molar-refractivity contribution in [1.29, 1.82) is 5.26 Å². The Balaban J connectivity index is 1.94. The number of hydrogen-bond donors (Lipinski definition) is 0. The van der Waals surface area contributed by atoms with Gasteiger partial charge in [-0.05, 0) is 45.7 Å². The van der Waals surface area contributed by atoms with Gasteiger partial charge >= 0.3 is 0 Å². The molecule has 0 N–H and O–H groups in total. The monoisotopic (exact) mass is 271 g/mol. The van der Waals surface area contributed by atoms with E-state index in [2.05, 4.69) is 33.1 Å². The zero-order chi connectivity index (χ0) is 14.3. The van der Waals surface area contributed by atoms with Gasteiger partial charge in [0.15, 0.2) is 5.82 Å². The summed E-state index contributed by atoms with van der Waals surface area (Å²) in [4.78, 5) is 4.76. The molecule has 5 nitrogen and oxygen atoms in total. The second-order valence-corrected chi connectivity index (χ2v) is 6.01. The average Bonchev–Trinajstić information content (AvgIpc) is 2.67. The fourth-order valence-electron chi connectivity index (χ4n) is 3.45. The van der Waals surface area contributed by atoms with Crippen molar-refractivity contribution in [2.75, 3.05) is 25.0 Å². The number of aromatic nitrogens is 2. The summed E-state index contributed by atoms with van der Waals surface area (Å²) >= 11 is 0. The Morgan fingerprint density at radius 1 is 1.15 bits per heavy atom. The minimum Gasteiger partial charge on any atom is -0.352 e. The molecule has 0 saturated carbocycles. The Labute approximate surface area is 120 Å². The van der Waals surface area contributed by atoms with Gasteiger partial charge in [-0.25, -0.2) is 0 Å². The quantitative estimate of drug-likeness (QED) is 0.777. The second kappa shape index (κ2) is 5.02. The van der Waals surface area contributed by atoms with Crippen molar-refractivity contribution in [3.05, 3.63) is 16.8 Å². The van der Waals surface area contributed by atoms with Gasteiger partial charge < -0.3 is 4.90 Å². The molecule has 0 aliphatic carbocycles. The number of fused-ring (bicyclic) bond motifs is 2. The topological polar surface area (TPSA) is 56.1 Å². The Bertz CT molecular complexity index is 562. The summed E-state index contributed by atoms with van der Waals surface area (Å²) in [6, 6.07) is 3.59. The molecule has 1 aromatic heterocycles. The maximum absolute atomic E-state index is 9.45. The van der Waals surface area contributed by atoms with Crippen molar-refractivity contribution in [3.8, 4) is 6.07 Å². The van der Waals surface area contributed by atoms with E-state index in [4.69, 9.17) is 0 Å². The van der Waals surface area contributed by atoms with Crippen molar-refractivity contribution in [1.82, 2.24) is 15.1 Å². The standard InChI is InChI=1S/C15H21N5/c1-10-11(2)17-18-15(14(10)8-16)20-7-6-12-4-5-13(9-20)19(12)3/h12-13H,4-7,9H2,1-3H3. The molecular weight excluding hydrogens is 250 g/mol. The molecule has 2 bridgehead atoms. The number of anilines is 1. The third kappa shape index (κ3) is 2.04. The molecule has 2 atom stereocenters. The predicted molar refractivity (Wildman–Crippen MR) is 77.6 cm³/mol. The van der Waals surface area contributed by atoms with E-state index in [1.165, 1.54) is 12.8 Å². The van der Waals surface area contributed by atoms with E-state index in [-0.39, 0.29) is 0 Å². The van der Waals surface area contributed by atoms with Crippen molar-refractivity contribution in [2.45, 2.75) is 45.2 Å². The van der Waals surface area contributed by atoms with Crippen LogP contribution in [-0.2, 0) is 0 Å². The van der Waals surface area contributed by atoms with E-state index in [1.54, 1.807) is 0 Å². The second-order valence-electron chi connectivity index (χ2n) is 6.01. The highest BCUT2D eigenvalue weighted by atomic mass is 15.3. The summed E-state index contributed by atoms with van der Waals surface area (Å²) in [6.45, 7) is 5.80. The lowest BCUT2D eigenvalue weighted by atomic mass is 10.1. The van der Waals surface area contributed by atoms with Crippen molar-refractivity contribution < 1.29 is 0 Å². The highest BCUT2D eigenvalue weighted by Gasteiger charge is 2.35. The van der Waals surface area contributed by atoms with Crippen LogP contribution in [0.1, 0.15) is 36.1 Å². The molecule has 106 valence electrons. The Morgan fingerprint density at radius 3 is 2.65 bits per heavy atom. The summed E-state index contributed by atoms with van der Waals surface area (Å²) < 4.78 is 0. The fourth-order valence-corrected chi connectivity index (χ4v) is 3.45. The summed E-state index contributed by atoms with van der Waals surface area (Å²) in [5.41, 5.74) is 2.50. The minimum absolute atomic E-state index is 0.581. The lowest BCUT2D eigenvalue weighted by Crippen LogP contribution is -2.37. The minimum atomic E-state index is 0.581. The van der Waals surface area contributed by atoms with E-state index in [1.807, 2.05) is 13.8 Å². The summed E-state index contributed by atoms with van der Waals surface area (Å²) in [5, 5.41) is 18.0. The first-order valence-electron chi connectivity index (χ1n) is 7.32. The Hall–Kier alpha value is -1.67. The maximum Gasteiger partial charge on any atom is 0.169 e. The molecule has 0 amide bonds. The molecule has 0 spiro atoms. The molecule has 2 saturated heterocycles. The van der Waals surface area contributed by atoms with Crippen molar-refractivity contribution in [2.24, 2.45) is 0 Å². The number of nitrogens with zero attached hydrogens (tertiary/aromatic N) is 5. The molecule has 3 heterocycles. The van der Waals surface area contributed by atoms with Gasteiger partial charge in [-0.3, -0.25) is 4.90 Å². The van der Waals surface area contributed by atoms with Gasteiger partial charge in [0.2, 0.25) is 0 Å². The lowest BCUT2D eigenvalue weighted by Gasteiger charge is -2.27. The highest BCUT2D eigenvalue weighted by molar-refractivity contribution is 5.57. The van der Waals surface area contributed by atoms with Crippen LogP contribution >= 0.6 is 0 Å². The first kappa shape index (κ1) is 13.3. The van der Waals surface area contributed by atoms with E-state index in [0.29, 0.717) is 17.6 Å². The van der Waals surface area contributed by atoms with E-state index < -0.39 is 0 Å². The zero-order valence-electron chi connectivity index (χ0n) is 12.4. The van der Waals surface area contributed by atoms with Gasteiger partial charge in [0, 0.05) is 25.2 Å². The van der Waals surface area contributed by atoms with Gasteiger partial charge in [-0.15, -0.1) is 5.10 Å². The van der Waals surface area contributed by atoms with Crippen LogP contribution in [0.2, 0.25) is 0 Å². The number of rotatable bonds is 1. The normalized spacial score (nSPS) is 26.4. The van der Waals surface area contributed by atoms with Crippen LogP contribution < -0.4 is 4.90 Å². The Kier molecular flexibility index (Phi) is 3.35. The SMILES string of the molecule is Cc1nnc(N2CCC3CCC(C2)N3C)c(C#N)c1C. The molecule has 2 fully saturated rings. The first-order chi connectivity index (χ1) is 9.61. The van der Waals surface area contributed by atoms with Crippen LogP contribution in [0.25, 0.3) is 0 Å². The van der Waals surface area contributed by atoms with Gasteiger partial charge in [0.25, 0.3) is 0 Å². The van der Waals surface area contributed by atoms with Crippen LogP contribution in [0, 0.1) is 25.2 Å². The maximum atomic E-state index is 9.45. The molecule has 2 aliphatic rings. The van der Waals surface area contributed by atoms with Crippen LogP contribution in [0.5, 0.6) is 0 Å².